The van der Waals surface area contributed by atoms with Crippen LogP contribution in [0.15, 0.2) is 134 Å². The van der Waals surface area contributed by atoms with Gasteiger partial charge in [0.2, 0.25) is 0 Å². The van der Waals surface area contributed by atoms with Crippen LogP contribution in [-0.4, -0.2) is 37.2 Å². The molecular weight excluding hydrogens is 985 g/mol. The number of unbranched alkanes of at least 4 members (excludes halogenated alkanes) is 26. The van der Waals surface area contributed by atoms with Gasteiger partial charge in [-0.2, -0.15) is 0 Å². The SMILES string of the molecule is CC/C=C\C/C=C\C/C=C\C/C=C\C/C=C\C/C=C\CCCCCCCCCCC(=O)OCC(COC(=O)CCCCCCCCCCCC)OC(=O)CCCCCCCCCCC/C=C\C/C=C\C/C=C\C/C=C\C/C=C\CC. The molecule has 0 rings (SSSR count). The normalized spacial score (nSPS) is 13.0. The summed E-state index contributed by atoms with van der Waals surface area (Å²) in [6.07, 6.45) is 94.6. The first-order valence-electron chi connectivity index (χ1n) is 33.2. The highest BCUT2D eigenvalue weighted by Gasteiger charge is 2.19. The Morgan fingerprint density at radius 1 is 0.263 bits per heavy atom. The van der Waals surface area contributed by atoms with Crippen LogP contribution in [0.2, 0.25) is 0 Å². The lowest BCUT2D eigenvalue weighted by atomic mass is 10.1. The summed E-state index contributed by atoms with van der Waals surface area (Å²) in [4.78, 5) is 38.3. The maximum atomic E-state index is 12.9. The molecule has 0 aliphatic rings. The zero-order valence-corrected chi connectivity index (χ0v) is 52.0. The van der Waals surface area contributed by atoms with Crippen LogP contribution in [0.4, 0.5) is 0 Å². The molecule has 454 valence electrons. The van der Waals surface area contributed by atoms with E-state index in [0.29, 0.717) is 19.3 Å². The molecule has 0 aromatic heterocycles. The van der Waals surface area contributed by atoms with Gasteiger partial charge in [0.15, 0.2) is 6.10 Å². The van der Waals surface area contributed by atoms with Crippen molar-refractivity contribution in [3.8, 4) is 0 Å². The van der Waals surface area contributed by atoms with Crippen molar-refractivity contribution in [1.29, 1.82) is 0 Å². The minimum absolute atomic E-state index is 0.0840. The predicted molar refractivity (Wildman–Crippen MR) is 348 cm³/mol. The molecule has 0 spiro atoms. The van der Waals surface area contributed by atoms with Gasteiger partial charge in [0, 0.05) is 19.3 Å². The molecule has 80 heavy (non-hydrogen) atoms. The minimum Gasteiger partial charge on any atom is -0.462 e. The topological polar surface area (TPSA) is 78.9 Å². The summed E-state index contributed by atoms with van der Waals surface area (Å²) in [5.41, 5.74) is 0. The quantitative estimate of drug-likeness (QED) is 0.0261. The van der Waals surface area contributed by atoms with Crippen LogP contribution in [0, 0.1) is 0 Å². The Hall–Kier alpha value is -4.45. The van der Waals surface area contributed by atoms with Crippen molar-refractivity contribution in [2.24, 2.45) is 0 Å². The smallest absolute Gasteiger partial charge is 0.306 e. The third kappa shape index (κ3) is 64.4. The van der Waals surface area contributed by atoms with E-state index in [4.69, 9.17) is 14.2 Å². The van der Waals surface area contributed by atoms with Crippen molar-refractivity contribution in [2.45, 2.75) is 303 Å². The Labute approximate surface area is 494 Å². The molecule has 0 aromatic rings. The van der Waals surface area contributed by atoms with E-state index >= 15 is 0 Å². The highest BCUT2D eigenvalue weighted by atomic mass is 16.6. The number of carbonyl (C=O) groups is 3. The number of rotatable bonds is 59. The van der Waals surface area contributed by atoms with E-state index in [1.807, 2.05) is 0 Å². The first kappa shape index (κ1) is 75.5. The molecule has 1 atom stereocenters. The second kappa shape index (κ2) is 67.1. The molecular formula is C74H122O6. The summed E-state index contributed by atoms with van der Waals surface area (Å²) in [6.45, 7) is 6.40. The average molecular weight is 1110 g/mol. The highest BCUT2D eigenvalue weighted by molar-refractivity contribution is 5.71. The van der Waals surface area contributed by atoms with Crippen LogP contribution >= 0.6 is 0 Å². The maximum absolute atomic E-state index is 12.9. The van der Waals surface area contributed by atoms with Crippen LogP contribution < -0.4 is 0 Å². The number of allylic oxidation sites excluding steroid dienone is 22. The van der Waals surface area contributed by atoms with Gasteiger partial charge >= 0.3 is 17.9 Å². The van der Waals surface area contributed by atoms with E-state index in [0.717, 1.165) is 141 Å². The van der Waals surface area contributed by atoms with Gasteiger partial charge < -0.3 is 14.2 Å². The van der Waals surface area contributed by atoms with Crippen molar-refractivity contribution in [1.82, 2.24) is 0 Å². The highest BCUT2D eigenvalue weighted by Crippen LogP contribution is 2.16. The number of esters is 3. The fourth-order valence-electron chi connectivity index (χ4n) is 9.00. The molecule has 0 saturated heterocycles. The Kier molecular flexibility index (Phi) is 63.3. The molecule has 6 nitrogen and oxygen atoms in total. The molecule has 0 aliphatic heterocycles. The number of hydrogen-bond acceptors (Lipinski definition) is 6. The van der Waals surface area contributed by atoms with Gasteiger partial charge in [-0.25, -0.2) is 0 Å². The van der Waals surface area contributed by atoms with Gasteiger partial charge in [-0.05, 0) is 116 Å². The predicted octanol–water partition coefficient (Wildman–Crippen LogP) is 22.9. The molecule has 0 amide bonds. The second-order valence-corrected chi connectivity index (χ2v) is 21.6. The summed E-state index contributed by atoms with van der Waals surface area (Å²) in [7, 11) is 0. The second-order valence-electron chi connectivity index (χ2n) is 21.6. The molecule has 1 unspecified atom stereocenters. The van der Waals surface area contributed by atoms with Gasteiger partial charge in [-0.15, -0.1) is 0 Å². The Morgan fingerprint density at radius 3 is 0.762 bits per heavy atom. The monoisotopic (exact) mass is 1110 g/mol. The van der Waals surface area contributed by atoms with E-state index in [9.17, 15) is 14.4 Å². The van der Waals surface area contributed by atoms with Crippen LogP contribution in [0.25, 0.3) is 0 Å². The van der Waals surface area contributed by atoms with E-state index in [2.05, 4.69) is 154 Å². The molecule has 0 heterocycles. The van der Waals surface area contributed by atoms with E-state index in [-0.39, 0.29) is 31.1 Å². The molecule has 0 aliphatic carbocycles. The first-order valence-corrected chi connectivity index (χ1v) is 33.2. The summed E-state index contributed by atoms with van der Waals surface area (Å²) in [5, 5.41) is 0. The van der Waals surface area contributed by atoms with Crippen LogP contribution in [0.1, 0.15) is 297 Å². The largest absolute Gasteiger partial charge is 0.462 e. The van der Waals surface area contributed by atoms with Crippen LogP contribution in [0.3, 0.4) is 0 Å². The average Bonchev–Trinajstić information content (AvgIpc) is 3.46. The maximum Gasteiger partial charge on any atom is 0.306 e. The van der Waals surface area contributed by atoms with Gasteiger partial charge in [-0.3, -0.25) is 14.4 Å². The summed E-state index contributed by atoms with van der Waals surface area (Å²) in [6, 6.07) is 0. The van der Waals surface area contributed by atoms with Crippen molar-refractivity contribution >= 4 is 17.9 Å². The lowest BCUT2D eigenvalue weighted by molar-refractivity contribution is -0.167. The van der Waals surface area contributed by atoms with Gasteiger partial charge in [0.25, 0.3) is 0 Å². The van der Waals surface area contributed by atoms with Crippen molar-refractivity contribution in [2.75, 3.05) is 13.2 Å². The molecule has 6 heteroatoms. The Bertz CT molecular complexity index is 1700. The Morgan fingerprint density at radius 2 is 0.487 bits per heavy atom. The van der Waals surface area contributed by atoms with Crippen molar-refractivity contribution in [3.63, 3.8) is 0 Å². The zero-order chi connectivity index (χ0) is 57.8. The van der Waals surface area contributed by atoms with E-state index in [1.54, 1.807) is 0 Å². The van der Waals surface area contributed by atoms with Crippen LogP contribution in [0.5, 0.6) is 0 Å². The first-order chi connectivity index (χ1) is 39.5. The molecule has 0 radical (unpaired) electrons. The van der Waals surface area contributed by atoms with Crippen molar-refractivity contribution in [3.05, 3.63) is 134 Å². The van der Waals surface area contributed by atoms with E-state index < -0.39 is 6.10 Å². The van der Waals surface area contributed by atoms with Gasteiger partial charge in [-0.1, -0.05) is 296 Å². The number of carbonyl (C=O) groups excluding carboxylic acids is 3. The number of ether oxygens (including phenoxy) is 3. The minimum atomic E-state index is -0.788. The number of hydrogen-bond donors (Lipinski definition) is 0. The standard InChI is InChI=1S/C74H122O6/c1-4-7-10-13-16-19-22-24-26-28-30-32-34-36-37-39-40-42-44-46-48-50-52-55-58-61-64-67-73(76)79-70-71(69-78-72(75)66-63-60-57-54-21-18-15-12-9-6-3)80-74(77)68-65-62-59-56-53-51-49-47-45-43-41-38-35-33-31-29-27-25-23-20-17-14-11-8-5-2/h7-8,10-11,16-17,19-20,24-27,30-33,36-38,40-42,71H,4-6,9,12-15,18,21-23,28-29,34-35,39,43-70H2,1-3H3/b10-7-,11-8-,19-16-,20-17-,26-24-,27-25-,32-30-,33-31-,37-36-,41-38-,42-40-. The molecule has 0 saturated carbocycles. The van der Waals surface area contributed by atoms with Gasteiger partial charge in [0.05, 0.1) is 0 Å². The molecule has 0 bridgehead atoms. The Balaban J connectivity index is 4.29. The lowest BCUT2D eigenvalue weighted by Crippen LogP contribution is -2.30. The molecule has 0 aromatic carbocycles. The zero-order valence-electron chi connectivity index (χ0n) is 52.0. The third-order valence-electron chi connectivity index (χ3n) is 13.9. The molecule has 0 fully saturated rings. The molecule has 0 N–H and O–H groups in total. The summed E-state index contributed by atoms with van der Waals surface area (Å²) in [5.74, 6) is -0.896. The van der Waals surface area contributed by atoms with Crippen LogP contribution in [-0.2, 0) is 28.6 Å². The van der Waals surface area contributed by atoms with Crippen molar-refractivity contribution < 1.29 is 28.6 Å². The van der Waals surface area contributed by atoms with E-state index in [1.165, 1.54) is 116 Å². The fourth-order valence-corrected chi connectivity index (χ4v) is 9.00. The summed E-state index contributed by atoms with van der Waals surface area (Å²) < 4.78 is 16.9. The fraction of sp³-hybridized carbons (Fsp3) is 0.662. The lowest BCUT2D eigenvalue weighted by Gasteiger charge is -2.18. The summed E-state index contributed by atoms with van der Waals surface area (Å²) >= 11 is 0. The van der Waals surface area contributed by atoms with Gasteiger partial charge in [0.1, 0.15) is 13.2 Å². The third-order valence-corrected chi connectivity index (χ3v) is 13.9.